The maximum atomic E-state index is 10.2. The van der Waals surface area contributed by atoms with Gasteiger partial charge in [0.15, 0.2) is 0 Å². The first-order valence-electron chi connectivity index (χ1n) is 4.18. The highest BCUT2D eigenvalue weighted by Gasteiger charge is 2.07. The zero-order chi connectivity index (χ0) is 10.6. The van der Waals surface area contributed by atoms with Crippen LogP contribution in [0.15, 0.2) is 28.1 Å². The SMILES string of the molecule is CC(C)Sc1cccc(Cl)c1N=C=O. The van der Waals surface area contributed by atoms with Gasteiger partial charge in [-0.2, -0.15) is 4.99 Å². The number of aliphatic imine (C=N–C) groups is 1. The molecule has 0 amide bonds. The van der Waals surface area contributed by atoms with Crippen LogP contribution >= 0.6 is 23.4 Å². The van der Waals surface area contributed by atoms with E-state index in [9.17, 15) is 4.79 Å². The van der Waals surface area contributed by atoms with Crippen LogP contribution in [-0.4, -0.2) is 11.3 Å². The maximum absolute atomic E-state index is 10.2. The fraction of sp³-hybridized carbons (Fsp3) is 0.300. The van der Waals surface area contributed by atoms with E-state index in [2.05, 4.69) is 18.8 Å². The summed E-state index contributed by atoms with van der Waals surface area (Å²) in [5.41, 5.74) is 0.517. The standard InChI is InChI=1S/C10H10ClNOS/c1-7(2)14-9-5-3-4-8(11)10(9)12-6-13/h3-5,7H,1-2H3. The number of hydrogen-bond acceptors (Lipinski definition) is 3. The molecular formula is C10H10ClNOS. The van der Waals surface area contributed by atoms with E-state index >= 15 is 0 Å². The van der Waals surface area contributed by atoms with E-state index in [1.165, 1.54) is 6.08 Å². The van der Waals surface area contributed by atoms with Crippen molar-refractivity contribution >= 4 is 35.1 Å². The van der Waals surface area contributed by atoms with Crippen molar-refractivity contribution in [3.8, 4) is 0 Å². The molecule has 1 rings (SSSR count). The van der Waals surface area contributed by atoms with Gasteiger partial charge in [0.2, 0.25) is 6.08 Å². The minimum atomic E-state index is 0.425. The Morgan fingerprint density at radius 3 is 2.79 bits per heavy atom. The Bertz CT molecular complexity index is 372. The Hall–Kier alpha value is -0.760. The molecule has 1 aromatic carbocycles. The molecule has 4 heteroatoms. The first-order chi connectivity index (χ1) is 6.65. The predicted molar refractivity (Wildman–Crippen MR) is 60.2 cm³/mol. The third-order valence-corrected chi connectivity index (χ3v) is 2.83. The molecule has 0 aliphatic rings. The van der Waals surface area contributed by atoms with E-state index in [1.807, 2.05) is 12.1 Å². The van der Waals surface area contributed by atoms with Gasteiger partial charge in [-0.1, -0.05) is 31.5 Å². The van der Waals surface area contributed by atoms with Crippen LogP contribution in [0, 0.1) is 0 Å². The molecule has 0 saturated carbocycles. The van der Waals surface area contributed by atoms with E-state index in [0.29, 0.717) is 16.0 Å². The highest BCUT2D eigenvalue weighted by Crippen LogP contribution is 2.37. The molecule has 0 heterocycles. The van der Waals surface area contributed by atoms with Crippen LogP contribution < -0.4 is 0 Å². The van der Waals surface area contributed by atoms with Gasteiger partial charge in [0.1, 0.15) is 5.69 Å². The van der Waals surface area contributed by atoms with Crippen molar-refractivity contribution in [3.05, 3.63) is 23.2 Å². The minimum Gasteiger partial charge on any atom is -0.211 e. The van der Waals surface area contributed by atoms with Crippen molar-refractivity contribution in [2.45, 2.75) is 24.0 Å². The summed E-state index contributed by atoms with van der Waals surface area (Å²) >= 11 is 7.53. The summed E-state index contributed by atoms with van der Waals surface area (Å²) < 4.78 is 0. The van der Waals surface area contributed by atoms with Gasteiger partial charge in [0, 0.05) is 10.1 Å². The van der Waals surface area contributed by atoms with Gasteiger partial charge in [0.25, 0.3) is 0 Å². The number of benzene rings is 1. The Labute approximate surface area is 92.4 Å². The van der Waals surface area contributed by atoms with Crippen LogP contribution in [0.2, 0.25) is 5.02 Å². The van der Waals surface area contributed by atoms with Crippen LogP contribution in [0.1, 0.15) is 13.8 Å². The van der Waals surface area contributed by atoms with Crippen molar-refractivity contribution in [1.29, 1.82) is 0 Å². The molecule has 0 unspecified atom stereocenters. The average molecular weight is 228 g/mol. The summed E-state index contributed by atoms with van der Waals surface area (Å²) in [5.74, 6) is 0. The number of isocyanates is 1. The molecule has 0 atom stereocenters. The number of hydrogen-bond donors (Lipinski definition) is 0. The molecule has 0 aliphatic heterocycles. The van der Waals surface area contributed by atoms with Crippen molar-refractivity contribution < 1.29 is 4.79 Å². The summed E-state index contributed by atoms with van der Waals surface area (Å²) in [4.78, 5) is 14.7. The lowest BCUT2D eigenvalue weighted by Gasteiger charge is -2.07. The number of nitrogens with zero attached hydrogens (tertiary/aromatic N) is 1. The number of halogens is 1. The van der Waals surface area contributed by atoms with Crippen LogP contribution in [0.3, 0.4) is 0 Å². The Balaban J connectivity index is 3.14. The Morgan fingerprint density at radius 1 is 1.50 bits per heavy atom. The van der Waals surface area contributed by atoms with E-state index in [1.54, 1.807) is 17.8 Å². The van der Waals surface area contributed by atoms with Crippen LogP contribution in [0.5, 0.6) is 0 Å². The van der Waals surface area contributed by atoms with Gasteiger partial charge in [0.05, 0.1) is 5.02 Å². The van der Waals surface area contributed by atoms with E-state index in [4.69, 9.17) is 11.6 Å². The normalized spacial score (nSPS) is 10.0. The van der Waals surface area contributed by atoms with Crippen molar-refractivity contribution in [2.24, 2.45) is 4.99 Å². The quantitative estimate of drug-likeness (QED) is 0.447. The smallest absolute Gasteiger partial charge is 0.211 e. The van der Waals surface area contributed by atoms with Gasteiger partial charge in [-0.3, -0.25) is 0 Å². The van der Waals surface area contributed by atoms with E-state index in [-0.39, 0.29) is 0 Å². The summed E-state index contributed by atoms with van der Waals surface area (Å²) in [6.45, 7) is 4.14. The topological polar surface area (TPSA) is 29.4 Å². The second-order valence-corrected chi connectivity index (χ2v) is 4.98. The van der Waals surface area contributed by atoms with Crippen LogP contribution in [0.25, 0.3) is 0 Å². The molecule has 14 heavy (non-hydrogen) atoms. The van der Waals surface area contributed by atoms with Crippen molar-refractivity contribution in [1.82, 2.24) is 0 Å². The summed E-state index contributed by atoms with van der Waals surface area (Å²) in [6, 6.07) is 5.45. The molecule has 0 fully saturated rings. The number of carbonyl (C=O) groups excluding carboxylic acids is 1. The fourth-order valence-electron chi connectivity index (χ4n) is 0.999. The monoisotopic (exact) mass is 227 g/mol. The highest BCUT2D eigenvalue weighted by atomic mass is 35.5. The molecule has 0 N–H and O–H groups in total. The zero-order valence-corrected chi connectivity index (χ0v) is 9.52. The zero-order valence-electron chi connectivity index (χ0n) is 7.95. The second-order valence-electron chi connectivity index (χ2n) is 2.96. The average Bonchev–Trinajstić information content (AvgIpc) is 2.10. The second kappa shape index (κ2) is 5.20. The Morgan fingerprint density at radius 2 is 2.21 bits per heavy atom. The van der Waals surface area contributed by atoms with Crippen molar-refractivity contribution in [2.75, 3.05) is 0 Å². The van der Waals surface area contributed by atoms with Gasteiger partial charge in [-0.15, -0.1) is 11.8 Å². The highest BCUT2D eigenvalue weighted by molar-refractivity contribution is 8.00. The van der Waals surface area contributed by atoms with Gasteiger partial charge >= 0.3 is 0 Å². The molecule has 0 bridgehead atoms. The van der Waals surface area contributed by atoms with Crippen molar-refractivity contribution in [3.63, 3.8) is 0 Å². The molecule has 0 aromatic heterocycles. The summed E-state index contributed by atoms with van der Waals surface area (Å²) in [7, 11) is 0. The Kier molecular flexibility index (Phi) is 4.21. The lowest BCUT2D eigenvalue weighted by Crippen LogP contribution is -1.86. The molecule has 74 valence electrons. The van der Waals surface area contributed by atoms with Gasteiger partial charge < -0.3 is 0 Å². The molecule has 2 nitrogen and oxygen atoms in total. The number of thioether (sulfide) groups is 1. The fourth-order valence-corrected chi connectivity index (χ4v) is 2.20. The minimum absolute atomic E-state index is 0.425. The third-order valence-electron chi connectivity index (χ3n) is 1.47. The van der Waals surface area contributed by atoms with Crippen LogP contribution in [-0.2, 0) is 4.79 Å². The number of rotatable bonds is 3. The molecule has 1 aromatic rings. The summed E-state index contributed by atoms with van der Waals surface area (Å²) in [6.07, 6.45) is 1.52. The van der Waals surface area contributed by atoms with Gasteiger partial charge in [-0.25, -0.2) is 4.79 Å². The van der Waals surface area contributed by atoms with Gasteiger partial charge in [-0.05, 0) is 12.1 Å². The maximum Gasteiger partial charge on any atom is 0.240 e. The van der Waals surface area contributed by atoms with Crippen LogP contribution in [0.4, 0.5) is 5.69 Å². The molecule has 0 spiro atoms. The first kappa shape index (κ1) is 11.3. The predicted octanol–water partition coefficient (Wildman–Crippen LogP) is 3.81. The van der Waals surface area contributed by atoms with E-state index < -0.39 is 0 Å². The third kappa shape index (κ3) is 2.88. The molecule has 0 saturated heterocycles. The molecule has 0 aliphatic carbocycles. The lowest BCUT2D eigenvalue weighted by molar-refractivity contribution is 0.565. The first-order valence-corrected chi connectivity index (χ1v) is 5.44. The summed E-state index contributed by atoms with van der Waals surface area (Å²) in [5, 5.41) is 0.910. The largest absolute Gasteiger partial charge is 0.240 e. The number of para-hydroxylation sites is 1. The lowest BCUT2D eigenvalue weighted by atomic mass is 10.3. The van der Waals surface area contributed by atoms with E-state index in [0.717, 1.165) is 4.90 Å². The molecule has 0 radical (unpaired) electrons. The molecular weight excluding hydrogens is 218 g/mol.